The van der Waals surface area contributed by atoms with Gasteiger partial charge in [-0.25, -0.2) is 14.0 Å². The van der Waals surface area contributed by atoms with Crippen LogP contribution in [0, 0.1) is 5.82 Å². The van der Waals surface area contributed by atoms with Crippen LogP contribution in [0.1, 0.15) is 24.8 Å². The third-order valence-corrected chi connectivity index (χ3v) is 3.69. The number of amides is 2. The minimum absolute atomic E-state index is 0.300. The van der Waals surface area contributed by atoms with Crippen molar-refractivity contribution in [2.24, 2.45) is 0 Å². The van der Waals surface area contributed by atoms with Gasteiger partial charge in [-0.1, -0.05) is 12.1 Å². The highest BCUT2D eigenvalue weighted by atomic mass is 19.1. The zero-order valence-corrected chi connectivity index (χ0v) is 12.0. The van der Waals surface area contributed by atoms with Crippen LogP contribution in [0.25, 0.3) is 0 Å². The molecule has 1 aromatic rings. The number of aliphatic carboxylic acids is 1. The van der Waals surface area contributed by atoms with E-state index < -0.39 is 12.0 Å². The maximum absolute atomic E-state index is 12.9. The van der Waals surface area contributed by atoms with E-state index in [0.29, 0.717) is 19.5 Å². The van der Waals surface area contributed by atoms with Crippen molar-refractivity contribution in [3.63, 3.8) is 0 Å². The van der Waals surface area contributed by atoms with Crippen LogP contribution < -0.4 is 0 Å². The van der Waals surface area contributed by atoms with E-state index in [-0.39, 0.29) is 11.8 Å². The molecule has 0 bridgehead atoms. The lowest BCUT2D eigenvalue weighted by atomic mass is 10.0. The lowest BCUT2D eigenvalue weighted by Crippen LogP contribution is -2.52. The molecule has 1 aliphatic rings. The summed E-state index contributed by atoms with van der Waals surface area (Å²) in [6.07, 6.45) is 2.13. The fourth-order valence-corrected chi connectivity index (χ4v) is 2.57. The summed E-state index contributed by atoms with van der Waals surface area (Å²) in [5, 5.41) is 9.21. The number of carboxylic acid groups (broad SMARTS) is 1. The van der Waals surface area contributed by atoms with Crippen molar-refractivity contribution in [1.82, 2.24) is 9.80 Å². The van der Waals surface area contributed by atoms with Crippen molar-refractivity contribution < 1.29 is 19.1 Å². The Kier molecular flexibility index (Phi) is 4.77. The van der Waals surface area contributed by atoms with E-state index in [1.165, 1.54) is 21.9 Å². The molecule has 1 heterocycles. The van der Waals surface area contributed by atoms with Gasteiger partial charge in [0.2, 0.25) is 0 Å². The molecule has 1 unspecified atom stereocenters. The number of urea groups is 1. The summed E-state index contributed by atoms with van der Waals surface area (Å²) >= 11 is 0. The Morgan fingerprint density at radius 1 is 1.33 bits per heavy atom. The number of carbonyl (C=O) groups excluding carboxylic acids is 1. The molecule has 2 amide bonds. The number of rotatable bonds is 3. The number of hydrogen-bond donors (Lipinski definition) is 1. The fraction of sp³-hybridized carbons (Fsp3) is 0.467. The van der Waals surface area contributed by atoms with Gasteiger partial charge in [-0.05, 0) is 37.0 Å². The second kappa shape index (κ2) is 6.56. The number of carboxylic acids is 1. The number of nitrogens with zero attached hydrogens (tertiary/aromatic N) is 2. The number of piperidine rings is 1. The second-order valence-corrected chi connectivity index (χ2v) is 5.31. The second-order valence-electron chi connectivity index (χ2n) is 5.31. The monoisotopic (exact) mass is 294 g/mol. The van der Waals surface area contributed by atoms with Crippen LogP contribution in [0.15, 0.2) is 24.3 Å². The first-order valence-electron chi connectivity index (χ1n) is 6.98. The summed E-state index contributed by atoms with van der Waals surface area (Å²) in [7, 11) is 1.62. The van der Waals surface area contributed by atoms with Crippen LogP contribution in [0.4, 0.5) is 9.18 Å². The average molecular weight is 294 g/mol. The highest BCUT2D eigenvalue weighted by molar-refractivity contribution is 5.82. The van der Waals surface area contributed by atoms with Gasteiger partial charge in [0.15, 0.2) is 0 Å². The van der Waals surface area contributed by atoms with Crippen LogP contribution in [-0.4, -0.2) is 46.5 Å². The van der Waals surface area contributed by atoms with Crippen molar-refractivity contribution in [3.8, 4) is 0 Å². The van der Waals surface area contributed by atoms with Crippen LogP contribution in [0.2, 0.25) is 0 Å². The highest BCUT2D eigenvalue weighted by Gasteiger charge is 2.33. The Bertz CT molecular complexity index is 518. The van der Waals surface area contributed by atoms with Crippen LogP contribution in [0.3, 0.4) is 0 Å². The summed E-state index contributed by atoms with van der Waals surface area (Å²) in [6.45, 7) is 0.783. The van der Waals surface area contributed by atoms with E-state index in [9.17, 15) is 19.1 Å². The molecule has 1 N–H and O–H groups in total. The fourth-order valence-electron chi connectivity index (χ4n) is 2.57. The van der Waals surface area contributed by atoms with Gasteiger partial charge in [0, 0.05) is 20.1 Å². The van der Waals surface area contributed by atoms with Gasteiger partial charge >= 0.3 is 12.0 Å². The lowest BCUT2D eigenvalue weighted by molar-refractivity contribution is -0.143. The average Bonchev–Trinajstić information content (AvgIpc) is 2.48. The summed E-state index contributed by atoms with van der Waals surface area (Å²) in [4.78, 5) is 26.5. The quantitative estimate of drug-likeness (QED) is 0.930. The van der Waals surface area contributed by atoms with Crippen molar-refractivity contribution in [3.05, 3.63) is 35.6 Å². The molecule has 114 valence electrons. The first kappa shape index (κ1) is 15.3. The molecule has 21 heavy (non-hydrogen) atoms. The third-order valence-electron chi connectivity index (χ3n) is 3.69. The largest absolute Gasteiger partial charge is 0.480 e. The van der Waals surface area contributed by atoms with Crippen LogP contribution in [-0.2, 0) is 11.3 Å². The predicted molar refractivity (Wildman–Crippen MR) is 75.2 cm³/mol. The lowest BCUT2D eigenvalue weighted by Gasteiger charge is -2.35. The number of carbonyl (C=O) groups is 2. The van der Waals surface area contributed by atoms with Crippen molar-refractivity contribution in [2.45, 2.75) is 31.8 Å². The molecule has 0 saturated carbocycles. The molecule has 0 aromatic heterocycles. The van der Waals surface area contributed by atoms with Gasteiger partial charge < -0.3 is 14.9 Å². The number of halogens is 1. The summed E-state index contributed by atoms with van der Waals surface area (Å²) < 4.78 is 12.9. The maximum atomic E-state index is 12.9. The predicted octanol–water partition coefficient (Wildman–Crippen LogP) is 2.32. The molecule has 1 saturated heterocycles. The Morgan fingerprint density at radius 2 is 2.00 bits per heavy atom. The molecule has 1 aliphatic heterocycles. The SMILES string of the molecule is CN(Cc1ccc(F)cc1)C(=O)N1CCCCC1C(=O)O. The van der Waals surface area contributed by atoms with Gasteiger partial charge in [0.25, 0.3) is 0 Å². The molecule has 1 atom stereocenters. The standard InChI is InChI=1S/C15H19FN2O3/c1-17(10-11-5-7-12(16)8-6-11)15(21)18-9-3-2-4-13(18)14(19)20/h5-8,13H,2-4,9-10H2,1H3,(H,19,20). The van der Waals surface area contributed by atoms with E-state index in [0.717, 1.165) is 18.4 Å². The molecular weight excluding hydrogens is 275 g/mol. The van der Waals surface area contributed by atoms with Gasteiger partial charge in [-0.15, -0.1) is 0 Å². The molecule has 1 fully saturated rings. The molecule has 2 rings (SSSR count). The van der Waals surface area contributed by atoms with Crippen molar-refractivity contribution >= 4 is 12.0 Å². The number of hydrogen-bond acceptors (Lipinski definition) is 2. The Labute approximate surface area is 123 Å². The van der Waals surface area contributed by atoms with E-state index >= 15 is 0 Å². The minimum atomic E-state index is -0.960. The van der Waals surface area contributed by atoms with Gasteiger partial charge in [-0.2, -0.15) is 0 Å². The van der Waals surface area contributed by atoms with Crippen LogP contribution in [0.5, 0.6) is 0 Å². The molecule has 6 heteroatoms. The third kappa shape index (κ3) is 3.71. The van der Waals surface area contributed by atoms with Gasteiger partial charge in [-0.3, -0.25) is 0 Å². The van der Waals surface area contributed by atoms with E-state index in [1.54, 1.807) is 19.2 Å². The molecule has 1 aromatic carbocycles. The number of benzene rings is 1. The molecule has 0 aliphatic carbocycles. The molecular formula is C15H19FN2O3. The summed E-state index contributed by atoms with van der Waals surface area (Å²) in [5.74, 6) is -1.28. The van der Waals surface area contributed by atoms with E-state index in [4.69, 9.17) is 0 Å². The first-order valence-corrected chi connectivity index (χ1v) is 6.98. The molecule has 5 nitrogen and oxygen atoms in total. The Hall–Kier alpha value is -2.11. The van der Waals surface area contributed by atoms with E-state index in [1.807, 2.05) is 0 Å². The van der Waals surface area contributed by atoms with Gasteiger partial charge in [0.1, 0.15) is 11.9 Å². The zero-order valence-electron chi connectivity index (χ0n) is 12.0. The number of likely N-dealkylation sites (tertiary alicyclic amines) is 1. The van der Waals surface area contributed by atoms with Crippen molar-refractivity contribution in [1.29, 1.82) is 0 Å². The minimum Gasteiger partial charge on any atom is -0.480 e. The van der Waals surface area contributed by atoms with Crippen molar-refractivity contribution in [2.75, 3.05) is 13.6 Å². The van der Waals surface area contributed by atoms with Crippen LogP contribution >= 0.6 is 0 Å². The Balaban J connectivity index is 2.03. The summed E-state index contributed by atoms with van der Waals surface area (Å²) in [6, 6.07) is 4.87. The van der Waals surface area contributed by atoms with E-state index in [2.05, 4.69) is 0 Å². The zero-order chi connectivity index (χ0) is 15.4. The smallest absolute Gasteiger partial charge is 0.326 e. The first-order chi connectivity index (χ1) is 9.99. The summed E-state index contributed by atoms with van der Waals surface area (Å²) in [5.41, 5.74) is 0.802. The maximum Gasteiger partial charge on any atom is 0.326 e. The highest BCUT2D eigenvalue weighted by Crippen LogP contribution is 2.19. The topological polar surface area (TPSA) is 60.9 Å². The normalized spacial score (nSPS) is 18.4. The Morgan fingerprint density at radius 3 is 2.62 bits per heavy atom. The molecule has 0 spiro atoms. The molecule has 0 radical (unpaired) electrons. The van der Waals surface area contributed by atoms with Gasteiger partial charge in [0.05, 0.1) is 0 Å².